The molecular weight excluding hydrogens is 260 g/mol. The number of likely N-dealkylation sites (N-methyl/N-ethyl adjacent to an activating group) is 2. The Morgan fingerprint density at radius 3 is 2.15 bits per heavy atom. The predicted octanol–water partition coefficient (Wildman–Crippen LogP) is 2.43. The van der Waals surface area contributed by atoms with E-state index in [1.807, 2.05) is 6.92 Å². The molecule has 0 aliphatic rings. The van der Waals surface area contributed by atoms with Crippen molar-refractivity contribution in [2.75, 3.05) is 21.2 Å². The van der Waals surface area contributed by atoms with Gasteiger partial charge in [0, 0.05) is 14.1 Å². The Balaban J connectivity index is 4.92. The molecule has 0 N–H and O–H groups in total. The molecule has 20 heavy (non-hydrogen) atoms. The minimum Gasteiger partial charge on any atom is -0.444 e. The third-order valence-corrected chi connectivity index (χ3v) is 2.85. The first kappa shape index (κ1) is 18.7. The third kappa shape index (κ3) is 6.23. The van der Waals surface area contributed by atoms with Gasteiger partial charge in [0.1, 0.15) is 11.6 Å². The van der Waals surface area contributed by atoms with Crippen molar-refractivity contribution in [1.29, 1.82) is 0 Å². The van der Waals surface area contributed by atoms with Crippen LogP contribution in [0.5, 0.6) is 0 Å². The first-order valence-electron chi connectivity index (χ1n) is 6.91. The first-order valence-corrected chi connectivity index (χ1v) is 6.91. The number of carbonyl (C=O) groups is 2. The van der Waals surface area contributed by atoms with Crippen LogP contribution in [0.4, 0.5) is 4.79 Å². The molecule has 0 aromatic carbocycles. The number of hydrogen-bond donors (Lipinski definition) is 0. The summed E-state index contributed by atoms with van der Waals surface area (Å²) in [5, 5.41) is 1.14. The molecule has 0 heterocycles. The van der Waals surface area contributed by atoms with Crippen LogP contribution in [0.2, 0.25) is 0 Å². The fourth-order valence-electron chi connectivity index (χ4n) is 1.64. The van der Waals surface area contributed by atoms with E-state index in [0.717, 1.165) is 17.9 Å². The summed E-state index contributed by atoms with van der Waals surface area (Å²) in [6.07, 6.45) is 1.87. The van der Waals surface area contributed by atoms with Gasteiger partial charge in [-0.05, 0) is 27.2 Å². The minimum absolute atomic E-state index is 0.255. The van der Waals surface area contributed by atoms with Crippen LogP contribution in [0.15, 0.2) is 0 Å². The molecule has 0 unspecified atom stereocenters. The van der Waals surface area contributed by atoms with Crippen LogP contribution in [0, 0.1) is 0 Å². The average molecular weight is 288 g/mol. The second-order valence-electron chi connectivity index (χ2n) is 5.77. The van der Waals surface area contributed by atoms with Crippen molar-refractivity contribution in [2.24, 2.45) is 0 Å². The summed E-state index contributed by atoms with van der Waals surface area (Å²) in [5.41, 5.74) is -0.586. The molecule has 0 fully saturated rings. The monoisotopic (exact) mass is 288 g/mol. The number of unbranched alkanes of at least 4 members (excludes halogenated alkanes) is 1. The normalized spacial score (nSPS) is 12.8. The van der Waals surface area contributed by atoms with Gasteiger partial charge < -0.3 is 4.74 Å². The van der Waals surface area contributed by atoms with Gasteiger partial charge in [-0.15, -0.1) is 0 Å². The van der Waals surface area contributed by atoms with Crippen molar-refractivity contribution in [3.05, 3.63) is 0 Å². The van der Waals surface area contributed by atoms with Gasteiger partial charge in [-0.25, -0.2) is 9.86 Å². The van der Waals surface area contributed by atoms with E-state index in [-0.39, 0.29) is 5.91 Å². The summed E-state index contributed by atoms with van der Waals surface area (Å²) in [5.74, 6) is -0.255. The summed E-state index contributed by atoms with van der Waals surface area (Å²) < 4.78 is 5.30. The molecule has 0 bridgehead atoms. The molecular formula is C14H28N2O4. The maximum Gasteiger partial charge on any atom is 0.410 e. The predicted molar refractivity (Wildman–Crippen MR) is 77.1 cm³/mol. The number of rotatable bonds is 6. The standard InChI is InChI=1S/C14H28N2O4/c1-8-9-10-11(12(17)16(6)19-7)15(5)13(18)20-14(2,3)4/h11H,8-10H2,1-7H3/t11-/m0/s1. The van der Waals surface area contributed by atoms with Crippen LogP contribution in [0.3, 0.4) is 0 Å². The largest absolute Gasteiger partial charge is 0.444 e. The van der Waals surface area contributed by atoms with Gasteiger partial charge >= 0.3 is 6.09 Å². The Labute approximate surface area is 122 Å². The van der Waals surface area contributed by atoms with Gasteiger partial charge in [0.15, 0.2) is 0 Å². The maximum atomic E-state index is 12.2. The Bertz CT molecular complexity index is 326. The molecule has 1 atom stereocenters. The zero-order chi connectivity index (χ0) is 15.9. The topological polar surface area (TPSA) is 59.1 Å². The molecule has 6 heteroatoms. The highest BCUT2D eigenvalue weighted by Gasteiger charge is 2.31. The number of nitrogens with zero attached hydrogens (tertiary/aromatic N) is 2. The fraction of sp³-hybridized carbons (Fsp3) is 0.857. The molecule has 0 aromatic heterocycles. The van der Waals surface area contributed by atoms with Crippen molar-refractivity contribution in [3.63, 3.8) is 0 Å². The lowest BCUT2D eigenvalue weighted by molar-refractivity contribution is -0.174. The van der Waals surface area contributed by atoms with Gasteiger partial charge in [0.25, 0.3) is 5.91 Å². The van der Waals surface area contributed by atoms with E-state index in [2.05, 4.69) is 0 Å². The van der Waals surface area contributed by atoms with E-state index in [1.165, 1.54) is 19.1 Å². The zero-order valence-corrected chi connectivity index (χ0v) is 13.7. The highest BCUT2D eigenvalue weighted by molar-refractivity contribution is 5.84. The van der Waals surface area contributed by atoms with Crippen molar-refractivity contribution < 1.29 is 19.2 Å². The molecule has 6 nitrogen and oxygen atoms in total. The summed E-state index contributed by atoms with van der Waals surface area (Å²) in [4.78, 5) is 30.6. The molecule has 0 radical (unpaired) electrons. The van der Waals surface area contributed by atoms with E-state index in [9.17, 15) is 9.59 Å². The lowest BCUT2D eigenvalue weighted by atomic mass is 10.1. The van der Waals surface area contributed by atoms with Crippen LogP contribution >= 0.6 is 0 Å². The highest BCUT2D eigenvalue weighted by Crippen LogP contribution is 2.15. The molecule has 0 aliphatic carbocycles. The second kappa shape index (κ2) is 8.09. The first-order chi connectivity index (χ1) is 9.14. The van der Waals surface area contributed by atoms with Crippen molar-refractivity contribution in [1.82, 2.24) is 9.96 Å². The van der Waals surface area contributed by atoms with E-state index < -0.39 is 17.7 Å². The van der Waals surface area contributed by atoms with Crippen LogP contribution in [-0.4, -0.2) is 54.8 Å². The Morgan fingerprint density at radius 2 is 1.75 bits per heavy atom. The SMILES string of the molecule is CCCC[C@@H](C(=O)N(C)OC)N(C)C(=O)OC(C)(C)C. The molecule has 0 aliphatic heterocycles. The number of ether oxygens (including phenoxy) is 1. The van der Waals surface area contributed by atoms with Gasteiger partial charge in [-0.3, -0.25) is 14.5 Å². The van der Waals surface area contributed by atoms with Crippen molar-refractivity contribution in [2.45, 2.75) is 58.6 Å². The van der Waals surface area contributed by atoms with Crippen molar-refractivity contribution >= 4 is 12.0 Å². The van der Waals surface area contributed by atoms with Crippen molar-refractivity contribution in [3.8, 4) is 0 Å². The third-order valence-electron chi connectivity index (χ3n) is 2.85. The Kier molecular flexibility index (Phi) is 7.57. The van der Waals surface area contributed by atoms with Crippen LogP contribution in [0.25, 0.3) is 0 Å². The molecule has 0 rings (SSSR count). The fourth-order valence-corrected chi connectivity index (χ4v) is 1.64. The summed E-state index contributed by atoms with van der Waals surface area (Å²) in [7, 11) is 4.53. The lowest BCUT2D eigenvalue weighted by Gasteiger charge is -2.31. The minimum atomic E-state index is -0.586. The average Bonchev–Trinajstić information content (AvgIpc) is 2.35. The van der Waals surface area contributed by atoms with E-state index in [4.69, 9.17) is 9.57 Å². The van der Waals surface area contributed by atoms with Gasteiger partial charge in [-0.2, -0.15) is 0 Å². The summed E-state index contributed by atoms with van der Waals surface area (Å²) >= 11 is 0. The van der Waals surface area contributed by atoms with Crippen LogP contribution in [-0.2, 0) is 14.4 Å². The van der Waals surface area contributed by atoms with Crippen LogP contribution < -0.4 is 0 Å². The van der Waals surface area contributed by atoms with Crippen LogP contribution in [0.1, 0.15) is 47.0 Å². The van der Waals surface area contributed by atoms with E-state index in [0.29, 0.717) is 6.42 Å². The quantitative estimate of drug-likeness (QED) is 0.704. The summed E-state index contributed by atoms with van der Waals surface area (Å²) in [6.45, 7) is 7.42. The summed E-state index contributed by atoms with van der Waals surface area (Å²) in [6, 6.07) is -0.574. The second-order valence-corrected chi connectivity index (χ2v) is 5.77. The molecule has 0 aromatic rings. The number of hydroxylamine groups is 2. The smallest absolute Gasteiger partial charge is 0.410 e. The lowest BCUT2D eigenvalue weighted by Crippen LogP contribution is -2.49. The Hall–Kier alpha value is -1.30. The van der Waals surface area contributed by atoms with E-state index in [1.54, 1.807) is 27.8 Å². The van der Waals surface area contributed by atoms with Gasteiger partial charge in [0.2, 0.25) is 0 Å². The van der Waals surface area contributed by atoms with Gasteiger partial charge in [-0.1, -0.05) is 19.8 Å². The molecule has 118 valence electrons. The Morgan fingerprint density at radius 1 is 1.20 bits per heavy atom. The van der Waals surface area contributed by atoms with Gasteiger partial charge in [0.05, 0.1) is 7.11 Å². The number of hydrogen-bond acceptors (Lipinski definition) is 4. The molecule has 2 amide bonds. The number of carbonyl (C=O) groups excluding carboxylic acids is 2. The highest BCUT2D eigenvalue weighted by atomic mass is 16.7. The molecule has 0 spiro atoms. The molecule has 0 saturated heterocycles. The zero-order valence-electron chi connectivity index (χ0n) is 13.7. The molecule has 0 saturated carbocycles. The number of amides is 2. The maximum absolute atomic E-state index is 12.2. The van der Waals surface area contributed by atoms with E-state index >= 15 is 0 Å².